The third kappa shape index (κ3) is 2.90. The van der Waals surface area contributed by atoms with E-state index in [2.05, 4.69) is 32.9 Å². The zero-order valence-electron chi connectivity index (χ0n) is 10.7. The summed E-state index contributed by atoms with van der Waals surface area (Å²) in [6.07, 6.45) is 5.30. The second-order valence-electron chi connectivity index (χ2n) is 5.04. The number of nitrogen functional groups attached to an aromatic ring is 1. The Morgan fingerprint density at radius 1 is 1.18 bits per heavy atom. The van der Waals surface area contributed by atoms with Crippen LogP contribution in [0.25, 0.3) is 0 Å². The molecule has 2 nitrogen and oxygen atoms in total. The van der Waals surface area contributed by atoms with Crippen molar-refractivity contribution in [2.24, 2.45) is 0 Å². The van der Waals surface area contributed by atoms with Crippen molar-refractivity contribution in [2.75, 3.05) is 5.73 Å². The molecule has 0 spiro atoms. The summed E-state index contributed by atoms with van der Waals surface area (Å²) in [6.45, 7) is 6.36. The largest absolute Gasteiger partial charge is 0.483 e. The van der Waals surface area contributed by atoms with Crippen molar-refractivity contribution in [3.8, 4) is 5.75 Å². The molecule has 2 rings (SSSR count). The third-order valence-electron chi connectivity index (χ3n) is 2.87. The van der Waals surface area contributed by atoms with Crippen LogP contribution in [0.2, 0.25) is 0 Å². The normalized spacial score (nSPS) is 23.9. The molecule has 2 N–H and O–H groups in total. The monoisotopic (exact) mass is 229 g/mol. The third-order valence-corrected chi connectivity index (χ3v) is 2.87. The van der Waals surface area contributed by atoms with E-state index >= 15 is 0 Å². The highest BCUT2D eigenvalue weighted by Gasteiger charge is 2.26. The maximum atomic E-state index is 6.07. The summed E-state index contributed by atoms with van der Waals surface area (Å²) < 4.78 is 6.07. The predicted octanol–water partition coefficient (Wildman–Crippen LogP) is 3.70. The summed E-state index contributed by atoms with van der Waals surface area (Å²) in [5, 5.41) is 0. The van der Waals surface area contributed by atoms with Crippen LogP contribution in [0.3, 0.4) is 0 Å². The zero-order valence-corrected chi connectivity index (χ0v) is 10.7. The van der Waals surface area contributed by atoms with Gasteiger partial charge in [0.1, 0.15) is 11.4 Å². The van der Waals surface area contributed by atoms with Crippen LogP contribution in [0.5, 0.6) is 5.75 Å². The minimum atomic E-state index is -0.251. The van der Waals surface area contributed by atoms with E-state index in [-0.39, 0.29) is 5.60 Å². The summed E-state index contributed by atoms with van der Waals surface area (Å²) >= 11 is 0. The number of nitrogens with two attached hydrogens (primary N) is 1. The van der Waals surface area contributed by atoms with Gasteiger partial charge in [-0.05, 0) is 51.1 Å². The van der Waals surface area contributed by atoms with Crippen LogP contribution in [-0.2, 0) is 0 Å². The summed E-state index contributed by atoms with van der Waals surface area (Å²) in [5.74, 6) is 0.862. The molecule has 1 atom stereocenters. The maximum absolute atomic E-state index is 6.07. The van der Waals surface area contributed by atoms with Crippen molar-refractivity contribution in [1.82, 2.24) is 0 Å². The van der Waals surface area contributed by atoms with Gasteiger partial charge >= 0.3 is 0 Å². The molecule has 0 amide bonds. The molecule has 0 heterocycles. The molecular weight excluding hydrogens is 210 g/mol. The van der Waals surface area contributed by atoms with Crippen LogP contribution < -0.4 is 10.5 Å². The van der Waals surface area contributed by atoms with Gasteiger partial charge in [-0.1, -0.05) is 17.2 Å². The topological polar surface area (TPSA) is 35.2 Å². The van der Waals surface area contributed by atoms with E-state index in [1.54, 1.807) is 0 Å². The quantitative estimate of drug-likeness (QED) is 0.785. The first kappa shape index (κ1) is 11.8. The second kappa shape index (κ2) is 4.28. The lowest BCUT2D eigenvalue weighted by atomic mass is 9.89. The van der Waals surface area contributed by atoms with Gasteiger partial charge in [-0.2, -0.15) is 0 Å². The first-order valence-corrected chi connectivity index (χ1v) is 5.88. The lowest BCUT2D eigenvalue weighted by Gasteiger charge is -2.31. The molecule has 0 aliphatic heterocycles. The lowest BCUT2D eigenvalue weighted by Crippen LogP contribution is -2.32. The molecule has 1 aliphatic rings. The summed E-state index contributed by atoms with van der Waals surface area (Å²) in [6, 6.07) is 7.55. The number of ether oxygens (including phenoxy) is 1. The zero-order chi connectivity index (χ0) is 12.5. The van der Waals surface area contributed by atoms with Gasteiger partial charge in [0.15, 0.2) is 0 Å². The number of rotatable bonds is 2. The van der Waals surface area contributed by atoms with Gasteiger partial charge in [-0.15, -0.1) is 0 Å². The van der Waals surface area contributed by atoms with Gasteiger partial charge in [-0.25, -0.2) is 0 Å². The average molecular weight is 229 g/mol. The van der Waals surface area contributed by atoms with Crippen LogP contribution in [0.4, 0.5) is 5.69 Å². The van der Waals surface area contributed by atoms with E-state index in [0.29, 0.717) is 0 Å². The van der Waals surface area contributed by atoms with Gasteiger partial charge < -0.3 is 10.5 Å². The molecule has 17 heavy (non-hydrogen) atoms. The van der Waals surface area contributed by atoms with Crippen LogP contribution in [0, 0.1) is 0 Å². The number of hydrogen-bond acceptors (Lipinski definition) is 2. The molecule has 2 heteroatoms. The van der Waals surface area contributed by atoms with E-state index in [0.717, 1.165) is 17.9 Å². The Kier molecular flexibility index (Phi) is 2.97. The van der Waals surface area contributed by atoms with Crippen molar-refractivity contribution in [3.63, 3.8) is 0 Å². The fourth-order valence-corrected chi connectivity index (χ4v) is 2.44. The molecule has 0 saturated carbocycles. The van der Waals surface area contributed by atoms with Crippen LogP contribution in [-0.4, -0.2) is 5.60 Å². The molecule has 0 fully saturated rings. The molecular formula is C15H19NO. The standard InChI is InChI=1S/C15H19NO/c1-11-8-12(2)10-15(3,9-11)17-14-6-4-13(16)5-7-14/h4-9H,10,16H2,1-3H3. The summed E-state index contributed by atoms with van der Waals surface area (Å²) in [4.78, 5) is 0. The van der Waals surface area contributed by atoms with E-state index in [1.807, 2.05) is 24.3 Å². The van der Waals surface area contributed by atoms with Crippen molar-refractivity contribution >= 4 is 5.69 Å². The molecule has 0 aromatic heterocycles. The van der Waals surface area contributed by atoms with Crippen LogP contribution in [0.15, 0.2) is 47.6 Å². The summed E-state index contributed by atoms with van der Waals surface area (Å²) in [5.41, 5.74) is 8.77. The smallest absolute Gasteiger partial charge is 0.129 e. The first-order valence-electron chi connectivity index (χ1n) is 5.88. The molecule has 1 unspecified atom stereocenters. The Morgan fingerprint density at radius 2 is 1.82 bits per heavy atom. The van der Waals surface area contributed by atoms with Crippen molar-refractivity contribution < 1.29 is 4.74 Å². The minimum Gasteiger partial charge on any atom is -0.483 e. The highest BCUT2D eigenvalue weighted by Crippen LogP contribution is 2.31. The van der Waals surface area contributed by atoms with Crippen molar-refractivity contribution in [3.05, 3.63) is 47.6 Å². The Bertz CT molecular complexity index is 470. The number of anilines is 1. The summed E-state index contributed by atoms with van der Waals surface area (Å²) in [7, 11) is 0. The highest BCUT2D eigenvalue weighted by atomic mass is 16.5. The van der Waals surface area contributed by atoms with E-state index in [1.165, 1.54) is 11.1 Å². The Labute approximate surface area is 103 Å². The Morgan fingerprint density at radius 3 is 2.41 bits per heavy atom. The van der Waals surface area contributed by atoms with Crippen molar-refractivity contribution in [2.45, 2.75) is 32.8 Å². The molecule has 1 aliphatic carbocycles. The SMILES string of the molecule is CC1=CC(C)(Oc2ccc(N)cc2)CC(C)=C1. The molecule has 0 radical (unpaired) electrons. The van der Waals surface area contributed by atoms with E-state index < -0.39 is 0 Å². The first-order chi connectivity index (χ1) is 7.97. The van der Waals surface area contributed by atoms with E-state index in [9.17, 15) is 0 Å². The number of allylic oxidation sites excluding steroid dienone is 2. The molecule has 1 aromatic carbocycles. The van der Waals surface area contributed by atoms with Gasteiger partial charge in [0, 0.05) is 12.1 Å². The maximum Gasteiger partial charge on any atom is 0.129 e. The van der Waals surface area contributed by atoms with Crippen LogP contribution >= 0.6 is 0 Å². The Hall–Kier alpha value is -1.70. The molecule has 1 aromatic rings. The fraction of sp³-hybridized carbons (Fsp3) is 0.333. The van der Waals surface area contributed by atoms with Gasteiger partial charge in [-0.3, -0.25) is 0 Å². The molecule has 0 bridgehead atoms. The molecule has 90 valence electrons. The van der Waals surface area contributed by atoms with Gasteiger partial charge in [0.2, 0.25) is 0 Å². The Balaban J connectivity index is 2.18. The number of hydrogen-bond donors (Lipinski definition) is 1. The fourth-order valence-electron chi connectivity index (χ4n) is 2.44. The molecule has 0 saturated heterocycles. The number of benzene rings is 1. The predicted molar refractivity (Wildman–Crippen MR) is 72.0 cm³/mol. The highest BCUT2D eigenvalue weighted by molar-refractivity contribution is 5.42. The van der Waals surface area contributed by atoms with Crippen molar-refractivity contribution in [1.29, 1.82) is 0 Å². The van der Waals surface area contributed by atoms with Gasteiger partial charge in [0.05, 0.1) is 0 Å². The van der Waals surface area contributed by atoms with Crippen LogP contribution in [0.1, 0.15) is 27.2 Å². The minimum absolute atomic E-state index is 0.251. The van der Waals surface area contributed by atoms with Gasteiger partial charge in [0.25, 0.3) is 0 Å². The second-order valence-corrected chi connectivity index (χ2v) is 5.04. The average Bonchev–Trinajstić information content (AvgIpc) is 2.19. The van der Waals surface area contributed by atoms with E-state index in [4.69, 9.17) is 10.5 Å². The lowest BCUT2D eigenvalue weighted by molar-refractivity contribution is 0.138.